The van der Waals surface area contributed by atoms with Gasteiger partial charge in [-0.25, -0.2) is 0 Å². The van der Waals surface area contributed by atoms with E-state index in [9.17, 15) is 15.3 Å². The summed E-state index contributed by atoms with van der Waals surface area (Å²) in [7, 11) is 0. The Morgan fingerprint density at radius 2 is 0.588 bits per heavy atom. The zero-order valence-corrected chi connectivity index (χ0v) is 15.3. The van der Waals surface area contributed by atoms with Crippen molar-refractivity contribution in [3.8, 4) is 0 Å². The maximum atomic E-state index is 9.30. The van der Waals surface area contributed by atoms with Crippen molar-refractivity contribution in [2.45, 2.75) is 40.0 Å². The third-order valence-electron chi connectivity index (χ3n) is 0.612. The van der Waals surface area contributed by atoms with Crippen LogP contribution in [0, 0.1) is 0 Å². The van der Waals surface area contributed by atoms with Gasteiger partial charge in [-0.2, -0.15) is 0 Å². The summed E-state index contributed by atoms with van der Waals surface area (Å²) in [5.41, 5.74) is 0. The van der Waals surface area contributed by atoms with Crippen molar-refractivity contribution in [1.82, 2.24) is 0 Å². The molecule has 3 nitrogen and oxygen atoms in total. The van der Waals surface area contributed by atoms with Crippen LogP contribution in [0.25, 0.3) is 0 Å². The van der Waals surface area contributed by atoms with Crippen LogP contribution in [0.4, 0.5) is 0 Å². The van der Waals surface area contributed by atoms with E-state index >= 15 is 0 Å². The molecule has 0 aromatic heterocycles. The van der Waals surface area contributed by atoms with Crippen LogP contribution in [-0.4, -0.2) is 54.5 Å². The van der Waals surface area contributed by atoms with Crippen molar-refractivity contribution in [2.24, 2.45) is 0 Å². The van der Waals surface area contributed by atoms with E-state index in [1.165, 1.54) is 0 Å². The van der Waals surface area contributed by atoms with Crippen LogP contribution in [0.15, 0.2) is 0 Å². The van der Waals surface area contributed by atoms with Gasteiger partial charge in [0.25, 0.3) is 0 Å². The standard InChI is InChI=1S/3C3H7O.2Al.3ClH/c3*1-2-3-4;;;;;/h3*2-3H2,1H3;;;3*1H/q3*-1;2*+3;;;/p-3. The zero-order valence-electron chi connectivity index (χ0n) is 10.8. The Bertz CT molecular complexity index is 45.0. The molecule has 0 bridgehead atoms. The molecular formula is C9H21Al2Cl3O3. The van der Waals surface area contributed by atoms with E-state index in [0.717, 1.165) is 19.3 Å². The Morgan fingerprint density at radius 1 is 0.529 bits per heavy atom. The summed E-state index contributed by atoms with van der Waals surface area (Å²) in [6.45, 7) is 5.81. The average molecular weight is 338 g/mol. The fourth-order valence-corrected chi connectivity index (χ4v) is 0. The van der Waals surface area contributed by atoms with Crippen LogP contribution in [0.2, 0.25) is 0 Å². The summed E-state index contributed by atoms with van der Waals surface area (Å²) >= 11 is 0. The summed E-state index contributed by atoms with van der Waals surface area (Å²) < 4.78 is 0. The second kappa shape index (κ2) is 82.5. The first kappa shape index (κ1) is 51.1. The smallest absolute Gasteiger partial charge is 1.00 e. The van der Waals surface area contributed by atoms with E-state index in [0.29, 0.717) is 0 Å². The predicted molar refractivity (Wildman–Crippen MR) is 57.0 cm³/mol. The van der Waals surface area contributed by atoms with Crippen LogP contribution in [0.5, 0.6) is 0 Å². The minimum Gasteiger partial charge on any atom is -1.00 e. The molecule has 0 spiro atoms. The van der Waals surface area contributed by atoms with E-state index in [2.05, 4.69) is 0 Å². The number of rotatable bonds is 3. The molecule has 0 saturated carbocycles. The van der Waals surface area contributed by atoms with Gasteiger partial charge in [0.15, 0.2) is 0 Å². The van der Waals surface area contributed by atoms with Crippen LogP contribution in [0.1, 0.15) is 40.0 Å². The molecular weight excluding hydrogens is 316 g/mol. The molecule has 17 heavy (non-hydrogen) atoms. The van der Waals surface area contributed by atoms with Gasteiger partial charge >= 0.3 is 34.7 Å². The third-order valence-corrected chi connectivity index (χ3v) is 0.612. The van der Waals surface area contributed by atoms with Gasteiger partial charge in [0.1, 0.15) is 0 Å². The van der Waals surface area contributed by atoms with Gasteiger partial charge in [0.2, 0.25) is 0 Å². The van der Waals surface area contributed by atoms with Crippen LogP contribution < -0.4 is 52.5 Å². The summed E-state index contributed by atoms with van der Waals surface area (Å²) in [6, 6.07) is 0. The number of hydrogen-bond acceptors (Lipinski definition) is 3. The Labute approximate surface area is 146 Å². The zero-order chi connectivity index (χ0) is 10.2. The topological polar surface area (TPSA) is 69.2 Å². The van der Waals surface area contributed by atoms with E-state index < -0.39 is 0 Å². The summed E-state index contributed by atoms with van der Waals surface area (Å²) in [5.74, 6) is 0. The van der Waals surface area contributed by atoms with Crippen molar-refractivity contribution in [1.29, 1.82) is 0 Å². The van der Waals surface area contributed by atoms with Crippen LogP contribution in [-0.2, 0) is 0 Å². The van der Waals surface area contributed by atoms with Crippen molar-refractivity contribution >= 4 is 34.7 Å². The molecule has 0 N–H and O–H groups in total. The van der Waals surface area contributed by atoms with Crippen molar-refractivity contribution in [3.05, 3.63) is 0 Å². The fraction of sp³-hybridized carbons (Fsp3) is 1.00. The van der Waals surface area contributed by atoms with Crippen LogP contribution >= 0.6 is 0 Å². The minimum absolute atomic E-state index is 0. The molecule has 0 heterocycles. The van der Waals surface area contributed by atoms with E-state index in [-0.39, 0.29) is 91.8 Å². The Hall–Kier alpha value is 1.81. The van der Waals surface area contributed by atoms with Crippen LogP contribution in [0.3, 0.4) is 0 Å². The van der Waals surface area contributed by atoms with E-state index in [1.54, 1.807) is 0 Å². The molecule has 0 radical (unpaired) electrons. The van der Waals surface area contributed by atoms with E-state index in [4.69, 9.17) is 0 Å². The molecule has 0 unspecified atom stereocenters. The molecule has 0 saturated heterocycles. The molecule has 0 fully saturated rings. The van der Waals surface area contributed by atoms with E-state index in [1.807, 2.05) is 20.8 Å². The normalized spacial score (nSPS) is 5.29. The maximum absolute atomic E-state index is 9.30. The second-order valence-electron chi connectivity index (χ2n) is 2.11. The molecule has 0 rings (SSSR count). The number of halogens is 3. The first-order valence-corrected chi connectivity index (χ1v) is 4.49. The maximum Gasteiger partial charge on any atom is 3.00 e. The molecule has 8 heteroatoms. The van der Waals surface area contributed by atoms with Crippen molar-refractivity contribution in [3.63, 3.8) is 0 Å². The summed E-state index contributed by atoms with van der Waals surface area (Å²) in [5, 5.41) is 27.9. The molecule has 0 aliphatic heterocycles. The number of hydrogen-bond donors (Lipinski definition) is 0. The predicted octanol–water partition coefficient (Wildman–Crippen LogP) is -10.5. The molecule has 0 atom stereocenters. The summed E-state index contributed by atoms with van der Waals surface area (Å²) in [6.07, 6.45) is 2.29. The second-order valence-corrected chi connectivity index (χ2v) is 2.11. The Kier molecular flexibility index (Phi) is 248. The monoisotopic (exact) mass is 336 g/mol. The Morgan fingerprint density at radius 3 is 0.588 bits per heavy atom. The average Bonchev–Trinajstić information content (AvgIpc) is 2.18. The van der Waals surface area contributed by atoms with Gasteiger partial charge in [0, 0.05) is 0 Å². The van der Waals surface area contributed by atoms with Gasteiger partial charge in [0.05, 0.1) is 0 Å². The van der Waals surface area contributed by atoms with Crippen molar-refractivity contribution < 1.29 is 52.5 Å². The quantitative estimate of drug-likeness (QED) is 0.480. The van der Waals surface area contributed by atoms with Gasteiger partial charge in [-0.15, -0.1) is 19.8 Å². The third kappa shape index (κ3) is 192. The molecule has 0 amide bonds. The van der Waals surface area contributed by atoms with Gasteiger partial charge in [-0.1, -0.05) is 40.0 Å². The molecule has 0 aromatic rings. The molecule has 102 valence electrons. The fourth-order valence-electron chi connectivity index (χ4n) is 0. The first-order valence-electron chi connectivity index (χ1n) is 4.49. The van der Waals surface area contributed by atoms with Gasteiger partial charge < -0.3 is 52.5 Å². The van der Waals surface area contributed by atoms with Gasteiger partial charge in [-0.05, 0) is 0 Å². The Balaban J connectivity index is -0.0000000104. The largest absolute Gasteiger partial charge is 3.00 e. The molecule has 0 aromatic carbocycles. The SMILES string of the molecule is CCC[O-].CCC[O-].CCC[O-].[Al+3].[Al+3].[Cl-].[Cl-].[Cl-]. The molecule has 0 aliphatic rings. The van der Waals surface area contributed by atoms with Gasteiger partial charge in [-0.3, -0.25) is 0 Å². The first-order chi connectivity index (χ1) is 5.74. The minimum atomic E-state index is 0. The summed E-state index contributed by atoms with van der Waals surface area (Å²) in [4.78, 5) is 0. The van der Waals surface area contributed by atoms with Crippen molar-refractivity contribution in [2.75, 3.05) is 19.8 Å². The molecule has 0 aliphatic carbocycles.